The number of hydrogen-bond acceptors (Lipinski definition) is 7. The first-order chi connectivity index (χ1) is 12.8. The predicted octanol–water partition coefficient (Wildman–Crippen LogP) is 0.701. The molecule has 1 unspecified atom stereocenters. The SMILES string of the molecule is CN(CC(=O)O)CC1CN(c2cc3c(cc2[N+](=O)[O-])CCC(=O)N3)CCO1. The van der Waals surface area contributed by atoms with E-state index >= 15 is 0 Å². The maximum Gasteiger partial charge on any atom is 0.317 e. The van der Waals surface area contributed by atoms with Gasteiger partial charge in [-0.1, -0.05) is 0 Å². The summed E-state index contributed by atoms with van der Waals surface area (Å²) in [6.07, 6.45) is 0.529. The molecule has 2 heterocycles. The lowest BCUT2D eigenvalue weighted by Crippen LogP contribution is -2.48. The Balaban J connectivity index is 1.81. The molecule has 0 spiro atoms. The van der Waals surface area contributed by atoms with Gasteiger partial charge in [0.25, 0.3) is 5.69 Å². The van der Waals surface area contributed by atoms with Crippen molar-refractivity contribution in [1.29, 1.82) is 0 Å². The molecular formula is C17H22N4O6. The summed E-state index contributed by atoms with van der Waals surface area (Å²) in [4.78, 5) is 37.2. The Morgan fingerprint density at radius 3 is 2.96 bits per heavy atom. The Kier molecular flexibility index (Phi) is 5.57. The minimum atomic E-state index is -0.925. The van der Waals surface area contributed by atoms with Gasteiger partial charge >= 0.3 is 5.97 Å². The van der Waals surface area contributed by atoms with Crippen LogP contribution in [0.25, 0.3) is 0 Å². The van der Waals surface area contributed by atoms with Crippen molar-refractivity contribution < 1.29 is 24.4 Å². The monoisotopic (exact) mass is 378 g/mol. The lowest BCUT2D eigenvalue weighted by Gasteiger charge is -2.36. The van der Waals surface area contributed by atoms with Gasteiger partial charge in [-0.25, -0.2) is 0 Å². The van der Waals surface area contributed by atoms with Crippen molar-refractivity contribution in [3.8, 4) is 0 Å². The van der Waals surface area contributed by atoms with Crippen molar-refractivity contribution in [3.05, 3.63) is 27.8 Å². The van der Waals surface area contributed by atoms with Gasteiger partial charge in [0.2, 0.25) is 5.91 Å². The van der Waals surface area contributed by atoms with Crippen LogP contribution in [-0.2, 0) is 20.7 Å². The molecule has 10 heteroatoms. The largest absolute Gasteiger partial charge is 0.480 e. The average molecular weight is 378 g/mol. The summed E-state index contributed by atoms with van der Waals surface area (Å²) in [6.45, 7) is 1.56. The maximum absolute atomic E-state index is 11.7. The van der Waals surface area contributed by atoms with E-state index in [-0.39, 0.29) is 24.2 Å². The molecule has 0 aliphatic carbocycles. The number of carboxylic acid groups (broad SMARTS) is 1. The van der Waals surface area contributed by atoms with Crippen molar-refractivity contribution >= 4 is 28.9 Å². The topological polar surface area (TPSA) is 125 Å². The molecule has 1 aromatic carbocycles. The smallest absolute Gasteiger partial charge is 0.317 e. The number of fused-ring (bicyclic) bond motifs is 1. The molecular weight excluding hydrogens is 356 g/mol. The van der Waals surface area contributed by atoms with Crippen LogP contribution < -0.4 is 10.2 Å². The molecule has 146 valence electrons. The van der Waals surface area contributed by atoms with E-state index in [1.165, 1.54) is 6.07 Å². The number of rotatable bonds is 6. The summed E-state index contributed by atoms with van der Waals surface area (Å²) in [5.74, 6) is -1.02. The first-order valence-electron chi connectivity index (χ1n) is 8.71. The van der Waals surface area contributed by atoms with Crippen LogP contribution in [0.2, 0.25) is 0 Å². The number of anilines is 2. The molecule has 0 aromatic heterocycles. The number of carboxylic acids is 1. The second kappa shape index (κ2) is 7.89. The van der Waals surface area contributed by atoms with Crippen LogP contribution in [0.5, 0.6) is 0 Å². The highest BCUT2D eigenvalue weighted by atomic mass is 16.6. The summed E-state index contributed by atoms with van der Waals surface area (Å²) in [5.41, 5.74) is 1.81. The third kappa shape index (κ3) is 4.52. The second-order valence-corrected chi connectivity index (χ2v) is 6.83. The van der Waals surface area contributed by atoms with E-state index < -0.39 is 10.9 Å². The Morgan fingerprint density at radius 2 is 2.26 bits per heavy atom. The van der Waals surface area contributed by atoms with Crippen molar-refractivity contribution in [2.24, 2.45) is 0 Å². The molecule has 2 aliphatic heterocycles. The number of benzene rings is 1. The van der Waals surface area contributed by atoms with Crippen LogP contribution in [0.1, 0.15) is 12.0 Å². The number of carbonyl (C=O) groups excluding carboxylic acids is 1. The van der Waals surface area contributed by atoms with Gasteiger partial charge in [0.15, 0.2) is 0 Å². The molecule has 27 heavy (non-hydrogen) atoms. The Labute approximate surface area is 155 Å². The molecule has 1 saturated heterocycles. The van der Waals surface area contributed by atoms with Crippen molar-refractivity contribution in [3.63, 3.8) is 0 Å². The summed E-state index contributed by atoms with van der Waals surface area (Å²) in [6, 6.07) is 3.19. The number of aliphatic carboxylic acids is 1. The standard InChI is InChI=1S/C17H22N4O6/c1-19(10-17(23)24)8-12-9-20(4-5-27-12)14-7-13-11(2-3-16(22)18-13)6-15(14)21(25)26/h6-7,12H,2-5,8-10H2,1H3,(H,18,22)(H,23,24). The third-order valence-corrected chi connectivity index (χ3v) is 4.69. The van der Waals surface area contributed by atoms with Gasteiger partial charge in [-0.3, -0.25) is 24.6 Å². The fraction of sp³-hybridized carbons (Fsp3) is 0.529. The van der Waals surface area contributed by atoms with Gasteiger partial charge in [0.05, 0.1) is 24.2 Å². The Bertz CT molecular complexity index is 768. The van der Waals surface area contributed by atoms with Gasteiger partial charge in [-0.15, -0.1) is 0 Å². The van der Waals surface area contributed by atoms with Gasteiger partial charge < -0.3 is 20.1 Å². The van der Waals surface area contributed by atoms with Crippen LogP contribution in [0.15, 0.2) is 12.1 Å². The van der Waals surface area contributed by atoms with Crippen molar-refractivity contribution in [2.45, 2.75) is 18.9 Å². The van der Waals surface area contributed by atoms with Crippen LogP contribution in [0, 0.1) is 10.1 Å². The number of nitro benzene ring substituents is 1. The number of nitrogens with one attached hydrogen (secondary N) is 1. The summed E-state index contributed by atoms with van der Waals surface area (Å²) in [7, 11) is 1.69. The molecule has 0 radical (unpaired) electrons. The van der Waals surface area contributed by atoms with Crippen molar-refractivity contribution in [2.75, 3.05) is 50.1 Å². The van der Waals surface area contributed by atoms with E-state index in [9.17, 15) is 19.7 Å². The molecule has 1 amide bonds. The zero-order chi connectivity index (χ0) is 19.6. The molecule has 1 aromatic rings. The zero-order valence-electron chi connectivity index (χ0n) is 15.0. The first kappa shape index (κ1) is 19.1. The first-order valence-corrected chi connectivity index (χ1v) is 8.71. The predicted molar refractivity (Wildman–Crippen MR) is 97.1 cm³/mol. The minimum Gasteiger partial charge on any atom is -0.480 e. The number of nitro groups is 1. The number of hydrogen-bond donors (Lipinski definition) is 2. The minimum absolute atomic E-state index is 0.00411. The number of nitrogens with zero attached hydrogens (tertiary/aromatic N) is 3. The van der Waals surface area contributed by atoms with Gasteiger partial charge in [-0.05, 0) is 25.1 Å². The number of amides is 1. The number of likely N-dealkylation sites (N-methyl/N-ethyl adjacent to an activating group) is 1. The molecule has 2 aliphatic rings. The third-order valence-electron chi connectivity index (χ3n) is 4.69. The normalized spacial score (nSPS) is 19.6. The summed E-state index contributed by atoms with van der Waals surface area (Å²) >= 11 is 0. The molecule has 3 rings (SSSR count). The van der Waals surface area contributed by atoms with E-state index in [0.717, 1.165) is 5.56 Å². The number of carbonyl (C=O) groups is 2. The molecule has 1 fully saturated rings. The van der Waals surface area contributed by atoms with Crippen LogP contribution in [0.3, 0.4) is 0 Å². The zero-order valence-corrected chi connectivity index (χ0v) is 15.0. The Morgan fingerprint density at radius 1 is 1.48 bits per heavy atom. The van der Waals surface area contributed by atoms with E-state index in [2.05, 4.69) is 5.32 Å². The van der Waals surface area contributed by atoms with Gasteiger partial charge in [0, 0.05) is 37.8 Å². The lowest BCUT2D eigenvalue weighted by atomic mass is 10.0. The number of ether oxygens (including phenoxy) is 1. The van der Waals surface area contributed by atoms with E-state index in [1.807, 2.05) is 4.90 Å². The van der Waals surface area contributed by atoms with Crippen molar-refractivity contribution in [1.82, 2.24) is 4.90 Å². The van der Waals surface area contributed by atoms with Crippen LogP contribution in [0.4, 0.5) is 17.1 Å². The fourth-order valence-electron chi connectivity index (χ4n) is 3.50. The Hall–Kier alpha value is -2.72. The molecule has 0 bridgehead atoms. The number of aryl methyl sites for hydroxylation is 1. The highest BCUT2D eigenvalue weighted by Crippen LogP contribution is 2.37. The molecule has 0 saturated carbocycles. The molecule has 2 N–H and O–H groups in total. The number of morpholine rings is 1. The average Bonchev–Trinajstić information content (AvgIpc) is 2.59. The highest BCUT2D eigenvalue weighted by molar-refractivity contribution is 5.95. The summed E-state index contributed by atoms with van der Waals surface area (Å²) < 4.78 is 5.70. The van der Waals surface area contributed by atoms with E-state index in [0.29, 0.717) is 50.5 Å². The van der Waals surface area contributed by atoms with Gasteiger partial charge in [-0.2, -0.15) is 0 Å². The van der Waals surface area contributed by atoms with Crippen LogP contribution >= 0.6 is 0 Å². The molecule has 1 atom stereocenters. The van der Waals surface area contributed by atoms with E-state index in [4.69, 9.17) is 9.84 Å². The van der Waals surface area contributed by atoms with Crippen LogP contribution in [-0.4, -0.2) is 72.7 Å². The maximum atomic E-state index is 11.7. The second-order valence-electron chi connectivity index (χ2n) is 6.83. The van der Waals surface area contributed by atoms with E-state index in [1.54, 1.807) is 18.0 Å². The van der Waals surface area contributed by atoms with Gasteiger partial charge in [0.1, 0.15) is 5.69 Å². The quantitative estimate of drug-likeness (QED) is 0.547. The lowest BCUT2D eigenvalue weighted by molar-refractivity contribution is -0.384. The highest BCUT2D eigenvalue weighted by Gasteiger charge is 2.29. The summed E-state index contributed by atoms with van der Waals surface area (Å²) in [5, 5.41) is 23.2. The molecule has 10 nitrogen and oxygen atoms in total. The fourth-order valence-corrected chi connectivity index (χ4v) is 3.50.